The molecule has 1 aliphatic rings. The molecule has 82 valence electrons. The number of halogens is 2. The first-order chi connectivity index (χ1) is 7.18. The van der Waals surface area contributed by atoms with Gasteiger partial charge in [-0.2, -0.15) is 0 Å². The van der Waals surface area contributed by atoms with Gasteiger partial charge in [-0.1, -0.05) is 0 Å². The van der Waals surface area contributed by atoms with E-state index in [-0.39, 0.29) is 5.75 Å². The third kappa shape index (κ3) is 2.32. The molecule has 0 saturated carbocycles. The molecule has 1 aliphatic heterocycles. The maximum Gasteiger partial charge on any atom is 0.166 e. The van der Waals surface area contributed by atoms with Crippen LogP contribution in [0.3, 0.4) is 0 Å². The second-order valence-electron chi connectivity index (χ2n) is 3.72. The van der Waals surface area contributed by atoms with Crippen molar-refractivity contribution in [3.05, 3.63) is 28.0 Å². The Balaban J connectivity index is 2.27. The molecule has 1 N–H and O–H groups in total. The third-order valence-electron chi connectivity index (χ3n) is 2.73. The number of phenols is 1. The topological polar surface area (TPSA) is 29.5 Å². The quantitative estimate of drug-likeness (QED) is 0.852. The summed E-state index contributed by atoms with van der Waals surface area (Å²) in [6.45, 7) is 1.45. The van der Waals surface area contributed by atoms with Crippen molar-refractivity contribution in [3.8, 4) is 5.75 Å². The van der Waals surface area contributed by atoms with E-state index in [4.69, 9.17) is 4.74 Å². The van der Waals surface area contributed by atoms with E-state index in [9.17, 15) is 9.50 Å². The van der Waals surface area contributed by atoms with E-state index in [1.54, 1.807) is 6.07 Å². The predicted molar refractivity (Wildman–Crippen MR) is 58.6 cm³/mol. The van der Waals surface area contributed by atoms with Crippen LogP contribution in [0.5, 0.6) is 5.75 Å². The van der Waals surface area contributed by atoms with Crippen LogP contribution in [0, 0.1) is 5.82 Å². The van der Waals surface area contributed by atoms with Crippen molar-refractivity contribution in [2.24, 2.45) is 0 Å². The highest BCUT2D eigenvalue weighted by molar-refractivity contribution is 9.10. The van der Waals surface area contributed by atoms with Gasteiger partial charge in [0, 0.05) is 13.2 Å². The number of hydrogen-bond donors (Lipinski definition) is 1. The summed E-state index contributed by atoms with van der Waals surface area (Å²) in [7, 11) is 0. The van der Waals surface area contributed by atoms with E-state index in [0.29, 0.717) is 10.4 Å². The Kier molecular flexibility index (Phi) is 3.26. The molecule has 1 aromatic rings. The molecule has 0 aliphatic carbocycles. The van der Waals surface area contributed by atoms with E-state index in [1.165, 1.54) is 6.07 Å². The zero-order valence-corrected chi connectivity index (χ0v) is 9.76. The largest absolute Gasteiger partial charge is 0.504 e. The number of benzene rings is 1. The van der Waals surface area contributed by atoms with Gasteiger partial charge in [0.05, 0.1) is 4.47 Å². The molecule has 0 radical (unpaired) electrons. The highest BCUT2D eigenvalue weighted by Crippen LogP contribution is 2.34. The van der Waals surface area contributed by atoms with E-state index in [1.807, 2.05) is 0 Å². The van der Waals surface area contributed by atoms with Gasteiger partial charge in [0.25, 0.3) is 0 Å². The standard InChI is InChI=1S/C11H12BrFO2/c12-9-5-8(6-10(13)11(9)14)7-1-3-15-4-2-7/h5-7,14H,1-4H2. The van der Waals surface area contributed by atoms with Crippen molar-refractivity contribution in [1.29, 1.82) is 0 Å². The average molecular weight is 275 g/mol. The summed E-state index contributed by atoms with van der Waals surface area (Å²) in [5.41, 5.74) is 0.931. The molecule has 2 nitrogen and oxygen atoms in total. The summed E-state index contributed by atoms with van der Waals surface area (Å²) >= 11 is 3.14. The molecule has 1 heterocycles. The van der Waals surface area contributed by atoms with Crippen molar-refractivity contribution in [3.63, 3.8) is 0 Å². The van der Waals surface area contributed by atoms with E-state index in [2.05, 4.69) is 15.9 Å². The monoisotopic (exact) mass is 274 g/mol. The molecule has 15 heavy (non-hydrogen) atoms. The van der Waals surface area contributed by atoms with Crippen LogP contribution in [-0.2, 0) is 4.74 Å². The minimum Gasteiger partial charge on any atom is -0.504 e. The fourth-order valence-electron chi connectivity index (χ4n) is 1.85. The lowest BCUT2D eigenvalue weighted by Crippen LogP contribution is -2.14. The molecule has 0 amide bonds. The molecule has 0 atom stereocenters. The first-order valence-electron chi connectivity index (χ1n) is 4.94. The molecule has 1 saturated heterocycles. The van der Waals surface area contributed by atoms with Crippen LogP contribution in [0.2, 0.25) is 0 Å². The van der Waals surface area contributed by atoms with Crippen LogP contribution < -0.4 is 0 Å². The van der Waals surface area contributed by atoms with Gasteiger partial charge >= 0.3 is 0 Å². The van der Waals surface area contributed by atoms with Crippen molar-refractivity contribution in [2.75, 3.05) is 13.2 Å². The van der Waals surface area contributed by atoms with Crippen molar-refractivity contribution in [1.82, 2.24) is 0 Å². The summed E-state index contributed by atoms with van der Waals surface area (Å²) in [6, 6.07) is 3.20. The number of rotatable bonds is 1. The molecular weight excluding hydrogens is 263 g/mol. The summed E-state index contributed by atoms with van der Waals surface area (Å²) in [4.78, 5) is 0. The first-order valence-corrected chi connectivity index (χ1v) is 5.73. The van der Waals surface area contributed by atoms with E-state index >= 15 is 0 Å². The second kappa shape index (κ2) is 4.49. The minimum absolute atomic E-state index is 0.314. The summed E-state index contributed by atoms with van der Waals surface area (Å²) in [6.07, 6.45) is 1.83. The maximum atomic E-state index is 13.3. The highest BCUT2D eigenvalue weighted by atomic mass is 79.9. The molecule has 0 aromatic heterocycles. The van der Waals surface area contributed by atoms with Crippen molar-refractivity contribution >= 4 is 15.9 Å². The van der Waals surface area contributed by atoms with Crippen molar-refractivity contribution < 1.29 is 14.2 Å². The Morgan fingerprint density at radius 3 is 2.60 bits per heavy atom. The molecule has 4 heteroatoms. The van der Waals surface area contributed by atoms with Crippen LogP contribution in [0.15, 0.2) is 16.6 Å². The molecule has 1 aromatic carbocycles. The van der Waals surface area contributed by atoms with Crippen LogP contribution in [0.4, 0.5) is 4.39 Å². The Bertz CT molecular complexity index is 339. The molecule has 1 fully saturated rings. The Labute approximate surface area is 96.2 Å². The predicted octanol–water partition coefficient (Wildman–Crippen LogP) is 3.19. The summed E-state index contributed by atoms with van der Waals surface area (Å²) in [5.74, 6) is -0.540. The summed E-state index contributed by atoms with van der Waals surface area (Å²) < 4.78 is 19.0. The van der Waals surface area contributed by atoms with Crippen LogP contribution in [0.25, 0.3) is 0 Å². The van der Waals surface area contributed by atoms with Crippen LogP contribution in [-0.4, -0.2) is 18.3 Å². The van der Waals surface area contributed by atoms with Gasteiger partial charge in [0.2, 0.25) is 0 Å². The lowest BCUT2D eigenvalue weighted by atomic mass is 9.92. The molecule has 0 unspecified atom stereocenters. The fourth-order valence-corrected chi connectivity index (χ4v) is 2.31. The van der Waals surface area contributed by atoms with Gasteiger partial charge in [0.1, 0.15) is 0 Å². The maximum absolute atomic E-state index is 13.3. The fraction of sp³-hybridized carbons (Fsp3) is 0.455. The third-order valence-corrected chi connectivity index (χ3v) is 3.34. The van der Waals surface area contributed by atoms with Gasteiger partial charge in [-0.25, -0.2) is 4.39 Å². The second-order valence-corrected chi connectivity index (χ2v) is 4.57. The van der Waals surface area contributed by atoms with Gasteiger partial charge in [-0.05, 0) is 52.4 Å². The average Bonchev–Trinajstić information content (AvgIpc) is 2.26. The zero-order valence-electron chi connectivity index (χ0n) is 8.17. The normalized spacial score (nSPS) is 18.0. The first kappa shape index (κ1) is 10.9. The SMILES string of the molecule is Oc1c(F)cc(C2CCOCC2)cc1Br. The Morgan fingerprint density at radius 1 is 1.33 bits per heavy atom. The van der Waals surface area contributed by atoms with E-state index < -0.39 is 5.82 Å². The molecule has 2 rings (SSSR count). The highest BCUT2D eigenvalue weighted by Gasteiger charge is 2.18. The van der Waals surface area contributed by atoms with Gasteiger partial charge < -0.3 is 9.84 Å². The van der Waals surface area contributed by atoms with Gasteiger partial charge in [0.15, 0.2) is 11.6 Å². The lowest BCUT2D eigenvalue weighted by molar-refractivity contribution is 0.0852. The number of aromatic hydroxyl groups is 1. The molecule has 0 spiro atoms. The Hall–Kier alpha value is -0.610. The smallest absolute Gasteiger partial charge is 0.166 e. The molecular formula is C11H12BrFO2. The van der Waals surface area contributed by atoms with E-state index in [0.717, 1.165) is 31.6 Å². The van der Waals surface area contributed by atoms with Crippen LogP contribution >= 0.6 is 15.9 Å². The zero-order chi connectivity index (χ0) is 10.8. The number of phenolic OH excluding ortho intramolecular Hbond substituents is 1. The van der Waals surface area contributed by atoms with Gasteiger partial charge in [-0.3, -0.25) is 0 Å². The lowest BCUT2D eigenvalue weighted by Gasteiger charge is -2.22. The van der Waals surface area contributed by atoms with Crippen LogP contribution in [0.1, 0.15) is 24.3 Å². The number of ether oxygens (including phenoxy) is 1. The molecule has 0 bridgehead atoms. The summed E-state index contributed by atoms with van der Waals surface area (Å²) in [5, 5.41) is 9.28. The van der Waals surface area contributed by atoms with Crippen molar-refractivity contribution in [2.45, 2.75) is 18.8 Å². The number of hydrogen-bond acceptors (Lipinski definition) is 2. The Morgan fingerprint density at radius 2 is 2.00 bits per heavy atom. The van der Waals surface area contributed by atoms with Gasteiger partial charge in [-0.15, -0.1) is 0 Å². The minimum atomic E-state index is -0.564.